The lowest BCUT2D eigenvalue weighted by Gasteiger charge is -2.30. The van der Waals surface area contributed by atoms with Gasteiger partial charge in [-0.25, -0.2) is 9.07 Å². The topological polar surface area (TPSA) is 85.8 Å². The second-order valence-electron chi connectivity index (χ2n) is 6.79. The van der Waals surface area contributed by atoms with E-state index in [1.165, 1.54) is 28.9 Å². The van der Waals surface area contributed by atoms with Crippen LogP contribution in [0.25, 0.3) is 11.4 Å². The van der Waals surface area contributed by atoms with E-state index in [4.69, 9.17) is 5.84 Å². The van der Waals surface area contributed by atoms with Crippen molar-refractivity contribution in [3.8, 4) is 11.4 Å². The third-order valence-electron chi connectivity index (χ3n) is 4.87. The van der Waals surface area contributed by atoms with Crippen molar-refractivity contribution in [1.82, 2.24) is 20.2 Å². The summed E-state index contributed by atoms with van der Waals surface area (Å²) in [5, 5.41) is 11.1. The summed E-state index contributed by atoms with van der Waals surface area (Å²) in [4.78, 5) is 12.5. The summed E-state index contributed by atoms with van der Waals surface area (Å²) in [6.07, 6.45) is 4.55. The van der Waals surface area contributed by atoms with Gasteiger partial charge in [-0.2, -0.15) is 0 Å². The van der Waals surface area contributed by atoms with Crippen molar-refractivity contribution in [1.29, 1.82) is 0 Å². The van der Waals surface area contributed by atoms with Crippen molar-refractivity contribution >= 4 is 17.7 Å². The largest absolute Gasteiger partial charge is 0.352 e. The minimum Gasteiger partial charge on any atom is -0.352 e. The fraction of sp³-hybridized carbons (Fsp3) is 0.500. The van der Waals surface area contributed by atoms with Crippen molar-refractivity contribution in [2.75, 3.05) is 5.84 Å². The summed E-state index contributed by atoms with van der Waals surface area (Å²) in [5.74, 6) is 6.31. The molecule has 140 valence electrons. The van der Waals surface area contributed by atoms with Crippen LogP contribution in [0.2, 0.25) is 0 Å². The smallest absolute Gasteiger partial charge is 0.233 e. The summed E-state index contributed by atoms with van der Waals surface area (Å²) in [7, 11) is 0. The lowest BCUT2D eigenvalue weighted by atomic mass is 9.86. The van der Waals surface area contributed by atoms with Gasteiger partial charge < -0.3 is 11.2 Å². The molecular weight excluding hydrogens is 353 g/mol. The van der Waals surface area contributed by atoms with Gasteiger partial charge in [-0.1, -0.05) is 43.7 Å². The molecule has 3 atom stereocenters. The van der Waals surface area contributed by atoms with Gasteiger partial charge in [-0.3, -0.25) is 4.79 Å². The molecular formula is C18H24FN5OS. The van der Waals surface area contributed by atoms with Crippen molar-refractivity contribution in [3.05, 3.63) is 30.1 Å². The van der Waals surface area contributed by atoms with E-state index in [0.29, 0.717) is 11.1 Å². The molecule has 6 nitrogen and oxygen atoms in total. The molecule has 0 unspecified atom stereocenters. The molecule has 1 heterocycles. The Morgan fingerprint density at radius 3 is 2.81 bits per heavy atom. The molecule has 1 aromatic carbocycles. The molecule has 0 bridgehead atoms. The highest BCUT2D eigenvalue weighted by molar-refractivity contribution is 8.00. The van der Waals surface area contributed by atoms with Crippen molar-refractivity contribution in [3.63, 3.8) is 0 Å². The first-order valence-electron chi connectivity index (χ1n) is 8.89. The number of carbonyl (C=O) groups is 1. The standard InChI is InChI=1S/C18H24FN5OS/c1-11-7-3-6-10-15(11)21-17(25)12(2)26-18-23-22-16(24(18)20)13-8-4-5-9-14(13)19/h4-5,8-9,11-12,15H,3,6-7,10,20H2,1-2H3,(H,21,25)/t11-,12-,15-/m1/s1. The molecule has 1 aromatic heterocycles. The fourth-order valence-electron chi connectivity index (χ4n) is 3.23. The number of carbonyl (C=O) groups excluding carboxylic acids is 1. The van der Waals surface area contributed by atoms with E-state index in [9.17, 15) is 9.18 Å². The van der Waals surface area contributed by atoms with E-state index in [1.807, 2.05) is 6.92 Å². The molecule has 1 saturated carbocycles. The maximum atomic E-state index is 13.9. The van der Waals surface area contributed by atoms with Gasteiger partial charge in [0.1, 0.15) is 5.82 Å². The number of hydrogen-bond donors (Lipinski definition) is 2. The number of halogens is 1. The monoisotopic (exact) mass is 377 g/mol. The van der Waals surface area contributed by atoms with Crippen LogP contribution in [-0.2, 0) is 4.79 Å². The van der Waals surface area contributed by atoms with E-state index < -0.39 is 5.82 Å². The molecule has 1 aliphatic carbocycles. The number of nitrogens with one attached hydrogen (secondary N) is 1. The molecule has 0 saturated heterocycles. The van der Waals surface area contributed by atoms with Gasteiger partial charge in [0.05, 0.1) is 10.8 Å². The van der Waals surface area contributed by atoms with Crippen LogP contribution < -0.4 is 11.2 Å². The van der Waals surface area contributed by atoms with Gasteiger partial charge >= 0.3 is 0 Å². The van der Waals surface area contributed by atoms with E-state index in [1.54, 1.807) is 18.2 Å². The Morgan fingerprint density at radius 2 is 2.08 bits per heavy atom. The summed E-state index contributed by atoms with van der Waals surface area (Å²) < 4.78 is 15.2. The van der Waals surface area contributed by atoms with Gasteiger partial charge in [-0.05, 0) is 37.8 Å². The van der Waals surface area contributed by atoms with Gasteiger partial charge in [0.2, 0.25) is 11.1 Å². The number of benzene rings is 1. The predicted octanol–water partition coefficient (Wildman–Crippen LogP) is 2.97. The van der Waals surface area contributed by atoms with Gasteiger partial charge in [0.15, 0.2) is 5.82 Å². The lowest BCUT2D eigenvalue weighted by Crippen LogP contribution is -2.44. The molecule has 0 aliphatic heterocycles. The number of thioether (sulfide) groups is 1. The number of nitrogens with two attached hydrogens (primary N) is 1. The number of hydrogen-bond acceptors (Lipinski definition) is 5. The molecule has 0 spiro atoms. The van der Waals surface area contributed by atoms with Crippen LogP contribution in [0.15, 0.2) is 29.4 Å². The average molecular weight is 377 g/mol. The number of nitrogens with zero attached hydrogens (tertiary/aromatic N) is 3. The van der Waals surface area contributed by atoms with Crippen LogP contribution in [0.5, 0.6) is 0 Å². The van der Waals surface area contributed by atoms with Crippen LogP contribution in [0.1, 0.15) is 39.5 Å². The third kappa shape index (κ3) is 4.00. The van der Waals surface area contributed by atoms with Crippen molar-refractivity contribution in [2.24, 2.45) is 5.92 Å². The average Bonchev–Trinajstić information content (AvgIpc) is 2.98. The lowest BCUT2D eigenvalue weighted by molar-refractivity contribution is -0.121. The quantitative estimate of drug-likeness (QED) is 0.618. The van der Waals surface area contributed by atoms with Crippen LogP contribution in [-0.4, -0.2) is 32.1 Å². The molecule has 26 heavy (non-hydrogen) atoms. The van der Waals surface area contributed by atoms with Crippen LogP contribution in [0.4, 0.5) is 4.39 Å². The SMILES string of the molecule is C[C@@H]1CCCC[C@H]1NC(=O)[C@@H](C)Sc1nnc(-c2ccccc2F)n1N. The highest BCUT2D eigenvalue weighted by atomic mass is 32.2. The number of rotatable bonds is 5. The Bertz CT molecular complexity index is 781. The minimum atomic E-state index is -0.416. The predicted molar refractivity (Wildman–Crippen MR) is 100 cm³/mol. The molecule has 1 amide bonds. The summed E-state index contributed by atoms with van der Waals surface area (Å²) in [6.45, 7) is 3.99. The number of aromatic nitrogens is 3. The fourth-order valence-corrected chi connectivity index (χ4v) is 4.01. The molecule has 1 aliphatic rings. The number of nitrogen functional groups attached to an aromatic ring is 1. The van der Waals surface area contributed by atoms with E-state index in [0.717, 1.165) is 19.3 Å². The first-order valence-corrected chi connectivity index (χ1v) is 9.77. The molecule has 8 heteroatoms. The summed E-state index contributed by atoms with van der Waals surface area (Å²) >= 11 is 1.22. The van der Waals surface area contributed by atoms with Gasteiger partial charge in [0, 0.05) is 6.04 Å². The highest BCUT2D eigenvalue weighted by Gasteiger charge is 2.26. The highest BCUT2D eigenvalue weighted by Crippen LogP contribution is 2.27. The normalized spacial score (nSPS) is 21.3. The van der Waals surface area contributed by atoms with Gasteiger partial charge in [0.25, 0.3) is 0 Å². The molecule has 3 N–H and O–H groups in total. The van der Waals surface area contributed by atoms with Crippen molar-refractivity contribution in [2.45, 2.75) is 56.0 Å². The Hall–Kier alpha value is -2.09. The zero-order valence-electron chi connectivity index (χ0n) is 15.0. The minimum absolute atomic E-state index is 0.0378. The second-order valence-corrected chi connectivity index (χ2v) is 8.10. The first-order chi connectivity index (χ1) is 12.5. The Balaban J connectivity index is 1.67. The van der Waals surface area contributed by atoms with Crippen LogP contribution in [0.3, 0.4) is 0 Å². The maximum absolute atomic E-state index is 13.9. The van der Waals surface area contributed by atoms with Crippen molar-refractivity contribution < 1.29 is 9.18 Å². The Morgan fingerprint density at radius 1 is 1.35 bits per heavy atom. The molecule has 1 fully saturated rings. The summed E-state index contributed by atoms with van der Waals surface area (Å²) in [6, 6.07) is 6.48. The zero-order chi connectivity index (χ0) is 18.7. The summed E-state index contributed by atoms with van der Waals surface area (Å²) in [5.41, 5.74) is 0.280. The van der Waals surface area contributed by atoms with E-state index in [-0.39, 0.29) is 28.6 Å². The molecule has 3 rings (SSSR count). The van der Waals surface area contributed by atoms with Crippen LogP contribution >= 0.6 is 11.8 Å². The number of amides is 1. The van der Waals surface area contributed by atoms with E-state index >= 15 is 0 Å². The first kappa shape index (κ1) is 18.7. The van der Waals surface area contributed by atoms with Crippen LogP contribution in [0, 0.1) is 11.7 Å². The Labute approximate surface area is 156 Å². The zero-order valence-corrected chi connectivity index (χ0v) is 15.8. The molecule has 2 aromatic rings. The van der Waals surface area contributed by atoms with E-state index in [2.05, 4.69) is 22.4 Å². The second kappa shape index (κ2) is 8.07. The maximum Gasteiger partial charge on any atom is 0.233 e. The third-order valence-corrected chi connectivity index (χ3v) is 5.93. The van der Waals surface area contributed by atoms with Gasteiger partial charge in [-0.15, -0.1) is 10.2 Å². The molecule has 0 radical (unpaired) electrons. The Kier molecular flexibility index (Phi) is 5.80.